The molecule has 2 aliphatic rings. The number of rotatable bonds is 3. The van der Waals surface area contributed by atoms with Crippen LogP contribution in [0.3, 0.4) is 0 Å². The highest BCUT2D eigenvalue weighted by atomic mass is 32.2. The van der Waals surface area contributed by atoms with Crippen molar-refractivity contribution >= 4 is 29.8 Å². The van der Waals surface area contributed by atoms with Gasteiger partial charge in [0.15, 0.2) is 17.3 Å². The minimum absolute atomic E-state index is 0.00212. The maximum atomic E-state index is 12.3. The molecule has 1 aromatic rings. The Morgan fingerprint density at radius 2 is 2.13 bits per heavy atom. The zero-order valence-corrected chi connectivity index (χ0v) is 12.6. The molecule has 3 rings (SSSR count). The molecule has 9 heteroatoms. The number of ether oxygens (including phenoxy) is 2. The minimum Gasteiger partial charge on any atom is -0.481 e. The van der Waals surface area contributed by atoms with Crippen molar-refractivity contribution in [1.82, 2.24) is 0 Å². The lowest BCUT2D eigenvalue weighted by Crippen LogP contribution is -2.35. The molecule has 0 radical (unpaired) electrons. The lowest BCUT2D eigenvalue weighted by Gasteiger charge is -2.24. The Kier molecular flexibility index (Phi) is 4.14. The van der Waals surface area contributed by atoms with E-state index >= 15 is 0 Å². The van der Waals surface area contributed by atoms with Gasteiger partial charge in [-0.15, -0.1) is 0 Å². The molecule has 2 aliphatic heterocycles. The van der Waals surface area contributed by atoms with Gasteiger partial charge in [-0.1, -0.05) is 6.07 Å². The van der Waals surface area contributed by atoms with E-state index in [1.165, 1.54) is 0 Å². The number of carboxylic acid groups (broad SMARTS) is 1. The molecule has 0 fully saturated rings. The first-order valence-electron chi connectivity index (χ1n) is 6.76. The first-order valence-corrected chi connectivity index (χ1v) is 7.56. The third kappa shape index (κ3) is 2.97. The second-order valence-corrected chi connectivity index (χ2v) is 5.93. The van der Waals surface area contributed by atoms with Gasteiger partial charge in [0.2, 0.25) is 6.79 Å². The van der Waals surface area contributed by atoms with Crippen LogP contribution >= 0.6 is 12.0 Å². The Bertz CT molecular complexity index is 690. The van der Waals surface area contributed by atoms with Crippen LogP contribution in [0.4, 0.5) is 0 Å². The Labute approximate surface area is 135 Å². The number of benzene rings is 1. The number of hydrogen-bond donors (Lipinski definition) is 2. The van der Waals surface area contributed by atoms with Crippen molar-refractivity contribution in [2.75, 3.05) is 6.79 Å². The number of nitrogens with two attached hydrogens (primary N) is 1. The van der Waals surface area contributed by atoms with E-state index in [4.69, 9.17) is 24.5 Å². The highest BCUT2D eigenvalue weighted by Gasteiger charge is 2.37. The van der Waals surface area contributed by atoms with Gasteiger partial charge in [-0.25, -0.2) is 4.79 Å². The molecule has 0 bridgehead atoms. The van der Waals surface area contributed by atoms with Gasteiger partial charge in [-0.3, -0.25) is 9.59 Å². The van der Waals surface area contributed by atoms with E-state index < -0.39 is 35.4 Å². The first-order chi connectivity index (χ1) is 11.0. The number of ketones is 1. The summed E-state index contributed by atoms with van der Waals surface area (Å²) in [5.41, 5.74) is 6.86. The largest absolute Gasteiger partial charge is 0.481 e. The Hall–Kier alpha value is -2.26. The van der Waals surface area contributed by atoms with Crippen LogP contribution in [-0.2, 0) is 25.0 Å². The number of aliphatic carboxylic acids is 1. The SMILES string of the molecule is NC1Cc2ccc3c(c2C(C(=O)CC(=O)O)SOC1=O)OCO3. The van der Waals surface area contributed by atoms with Crippen molar-refractivity contribution in [2.24, 2.45) is 5.73 Å². The monoisotopic (exact) mass is 339 g/mol. The van der Waals surface area contributed by atoms with Gasteiger partial charge in [-0.2, -0.15) is 0 Å². The predicted octanol–water partition coefficient (Wildman–Crippen LogP) is 0.575. The highest BCUT2D eigenvalue weighted by molar-refractivity contribution is 7.96. The molecule has 0 saturated carbocycles. The standard InChI is InChI=1S/C14H13NO7S/c15-7-3-6-1-2-9-12(21-5-20-9)11(6)13(23-22-14(7)19)8(16)4-10(17)18/h1-2,7,13H,3-5,15H2,(H,17,18). The fourth-order valence-electron chi connectivity index (χ4n) is 2.48. The molecule has 1 aromatic carbocycles. The fraction of sp³-hybridized carbons (Fsp3) is 0.357. The third-order valence-electron chi connectivity index (χ3n) is 3.52. The summed E-state index contributed by atoms with van der Waals surface area (Å²) in [6.45, 7) is 0.00212. The average Bonchev–Trinajstić information content (AvgIpc) is 2.94. The van der Waals surface area contributed by atoms with E-state index in [0.717, 1.165) is 0 Å². The van der Waals surface area contributed by atoms with Gasteiger partial charge in [0, 0.05) is 5.56 Å². The molecular weight excluding hydrogens is 326 g/mol. The second-order valence-electron chi connectivity index (χ2n) is 5.10. The van der Waals surface area contributed by atoms with Gasteiger partial charge >= 0.3 is 11.9 Å². The van der Waals surface area contributed by atoms with Crippen LogP contribution < -0.4 is 15.2 Å². The van der Waals surface area contributed by atoms with Gasteiger partial charge in [0.1, 0.15) is 17.7 Å². The molecule has 8 nitrogen and oxygen atoms in total. The Balaban J connectivity index is 2.08. The molecule has 0 aromatic heterocycles. The van der Waals surface area contributed by atoms with E-state index in [1.54, 1.807) is 12.1 Å². The number of carbonyl (C=O) groups is 3. The van der Waals surface area contributed by atoms with Crippen LogP contribution in [0.2, 0.25) is 0 Å². The molecule has 0 saturated heterocycles. The number of fused-ring (bicyclic) bond motifs is 3. The van der Waals surface area contributed by atoms with Gasteiger partial charge in [0.25, 0.3) is 0 Å². The molecule has 3 N–H and O–H groups in total. The summed E-state index contributed by atoms with van der Waals surface area (Å²) in [6, 6.07) is 2.49. The average molecular weight is 339 g/mol. The molecule has 0 spiro atoms. The number of carboxylic acids is 1. The van der Waals surface area contributed by atoms with Crippen molar-refractivity contribution in [2.45, 2.75) is 24.1 Å². The summed E-state index contributed by atoms with van der Waals surface area (Å²) in [7, 11) is 0. The Morgan fingerprint density at radius 3 is 2.87 bits per heavy atom. The van der Waals surface area contributed by atoms with Crippen LogP contribution in [0.25, 0.3) is 0 Å². The zero-order chi connectivity index (χ0) is 16.6. The molecule has 122 valence electrons. The molecule has 2 atom stereocenters. The normalized spacial score (nSPS) is 22.6. The smallest absolute Gasteiger partial charge is 0.335 e. The first kappa shape index (κ1) is 15.6. The van der Waals surface area contributed by atoms with Crippen LogP contribution in [0.15, 0.2) is 12.1 Å². The lowest BCUT2D eigenvalue weighted by molar-refractivity contribution is -0.140. The summed E-state index contributed by atoms with van der Waals surface area (Å²) in [4.78, 5) is 34.9. The van der Waals surface area contributed by atoms with Crippen molar-refractivity contribution in [3.63, 3.8) is 0 Å². The van der Waals surface area contributed by atoms with E-state index in [-0.39, 0.29) is 13.2 Å². The zero-order valence-electron chi connectivity index (χ0n) is 11.8. The van der Waals surface area contributed by atoms with E-state index in [1.807, 2.05) is 0 Å². The Morgan fingerprint density at radius 1 is 1.35 bits per heavy atom. The molecule has 2 unspecified atom stereocenters. The van der Waals surface area contributed by atoms with E-state index in [0.29, 0.717) is 34.7 Å². The highest BCUT2D eigenvalue weighted by Crippen LogP contribution is 2.47. The maximum absolute atomic E-state index is 12.3. The summed E-state index contributed by atoms with van der Waals surface area (Å²) >= 11 is 0.590. The topological polar surface area (TPSA) is 125 Å². The fourth-order valence-corrected chi connectivity index (χ4v) is 3.34. The minimum atomic E-state index is -1.26. The number of hydrogen-bond acceptors (Lipinski definition) is 8. The number of carbonyl (C=O) groups excluding carboxylic acids is 2. The summed E-state index contributed by atoms with van der Waals surface area (Å²) in [6.07, 6.45) is -0.534. The summed E-state index contributed by atoms with van der Waals surface area (Å²) in [5.74, 6) is -1.70. The van der Waals surface area contributed by atoms with Crippen molar-refractivity contribution in [3.05, 3.63) is 23.3 Å². The lowest BCUT2D eigenvalue weighted by atomic mass is 9.94. The quantitative estimate of drug-likeness (QED) is 0.600. The van der Waals surface area contributed by atoms with E-state index in [2.05, 4.69) is 0 Å². The van der Waals surface area contributed by atoms with Crippen molar-refractivity contribution < 1.29 is 33.1 Å². The van der Waals surface area contributed by atoms with Crippen LogP contribution in [0, 0.1) is 0 Å². The third-order valence-corrected chi connectivity index (χ3v) is 4.47. The van der Waals surface area contributed by atoms with E-state index in [9.17, 15) is 14.4 Å². The molecule has 0 amide bonds. The van der Waals surface area contributed by atoms with Gasteiger partial charge < -0.3 is 24.5 Å². The summed E-state index contributed by atoms with van der Waals surface area (Å²) in [5, 5.41) is 7.86. The summed E-state index contributed by atoms with van der Waals surface area (Å²) < 4.78 is 15.7. The van der Waals surface area contributed by atoms with Crippen LogP contribution in [0.1, 0.15) is 22.8 Å². The van der Waals surface area contributed by atoms with Gasteiger partial charge in [-0.05, 0) is 18.1 Å². The molecule has 0 aliphatic carbocycles. The van der Waals surface area contributed by atoms with Gasteiger partial charge in [0.05, 0.1) is 12.0 Å². The number of Topliss-reactive ketones (excluding diaryl/α,β-unsaturated/α-hetero) is 1. The van der Waals surface area contributed by atoms with Crippen molar-refractivity contribution in [1.29, 1.82) is 0 Å². The maximum Gasteiger partial charge on any atom is 0.335 e. The molecule has 2 heterocycles. The molecular formula is C14H13NO7S. The predicted molar refractivity (Wildman–Crippen MR) is 77.9 cm³/mol. The van der Waals surface area contributed by atoms with Crippen LogP contribution in [0.5, 0.6) is 11.5 Å². The van der Waals surface area contributed by atoms with Crippen molar-refractivity contribution in [3.8, 4) is 11.5 Å². The second kappa shape index (κ2) is 6.09. The van der Waals surface area contributed by atoms with Crippen LogP contribution in [-0.4, -0.2) is 35.7 Å². The molecule has 23 heavy (non-hydrogen) atoms.